The Morgan fingerprint density at radius 1 is 1.03 bits per heavy atom. The molecule has 0 radical (unpaired) electrons. The van der Waals surface area contributed by atoms with E-state index in [4.69, 9.17) is 4.98 Å². The number of carbonyl (C=O) groups is 1. The number of likely N-dealkylation sites (tertiary alicyclic amines) is 1. The van der Waals surface area contributed by atoms with Crippen molar-refractivity contribution < 1.29 is 4.79 Å². The third-order valence-corrected chi connectivity index (χ3v) is 10.3. The highest BCUT2D eigenvalue weighted by Crippen LogP contribution is 2.48. The van der Waals surface area contributed by atoms with Crippen LogP contribution in [0.25, 0.3) is 10.2 Å². The van der Waals surface area contributed by atoms with Crippen LogP contribution in [-0.4, -0.2) is 28.9 Å². The van der Waals surface area contributed by atoms with Crippen molar-refractivity contribution in [3.05, 3.63) is 52.6 Å². The summed E-state index contributed by atoms with van der Waals surface area (Å²) in [6.07, 6.45) is 3.68. The molecular formula is C30H38N2OS2. The van der Waals surface area contributed by atoms with Crippen LogP contribution in [0.2, 0.25) is 0 Å². The maximum absolute atomic E-state index is 12.3. The Bertz CT molecular complexity index is 1260. The summed E-state index contributed by atoms with van der Waals surface area (Å²) in [5.74, 6) is 0.295. The standard InChI is InChI=1S/C30H38N2OS2/c1-28(2,3)21-12-13-22(29(4,5)6)26-25(21)31-27(35-26)34-19-10-11-20-18(17-19)9-14-23-30(20,7)16-15-24(33)32(23)8/h10-13,17,23H,9,14-16H2,1-8H3/t23-,30-/m1/s1. The van der Waals surface area contributed by atoms with E-state index in [0.29, 0.717) is 18.4 Å². The Hall–Kier alpha value is -1.85. The molecule has 0 spiro atoms. The Kier molecular flexibility index (Phi) is 5.92. The third-order valence-electron chi connectivity index (χ3n) is 8.18. The number of rotatable bonds is 2. The molecule has 1 aliphatic heterocycles. The van der Waals surface area contributed by atoms with Crippen LogP contribution >= 0.6 is 23.1 Å². The predicted octanol–water partition coefficient (Wildman–Crippen LogP) is 7.87. The highest BCUT2D eigenvalue weighted by atomic mass is 32.2. The highest BCUT2D eigenvalue weighted by Gasteiger charge is 2.46. The summed E-state index contributed by atoms with van der Waals surface area (Å²) >= 11 is 3.64. The van der Waals surface area contributed by atoms with Crippen LogP contribution < -0.4 is 0 Å². The van der Waals surface area contributed by atoms with Crippen LogP contribution in [0.15, 0.2) is 39.6 Å². The van der Waals surface area contributed by atoms with Gasteiger partial charge in [-0.05, 0) is 64.5 Å². The second-order valence-corrected chi connectivity index (χ2v) is 15.0. The molecule has 1 aliphatic carbocycles. The molecule has 3 aromatic rings. The van der Waals surface area contributed by atoms with E-state index in [1.54, 1.807) is 11.8 Å². The largest absolute Gasteiger partial charge is 0.342 e. The fraction of sp³-hybridized carbons (Fsp3) is 0.533. The number of nitrogens with zero attached hydrogens (tertiary/aromatic N) is 2. The molecule has 5 heteroatoms. The van der Waals surface area contributed by atoms with Gasteiger partial charge >= 0.3 is 0 Å². The van der Waals surface area contributed by atoms with Crippen molar-refractivity contribution in [2.75, 3.05) is 7.05 Å². The minimum atomic E-state index is 0.0526. The summed E-state index contributed by atoms with van der Waals surface area (Å²) in [6.45, 7) is 16.1. The molecule has 1 aromatic heterocycles. The summed E-state index contributed by atoms with van der Waals surface area (Å²) in [7, 11) is 1.99. The summed E-state index contributed by atoms with van der Waals surface area (Å²) in [5.41, 5.74) is 6.94. The number of fused-ring (bicyclic) bond motifs is 4. The number of hydrogen-bond donors (Lipinski definition) is 0. The van der Waals surface area contributed by atoms with Crippen molar-refractivity contribution in [1.82, 2.24) is 9.88 Å². The minimum Gasteiger partial charge on any atom is -0.342 e. The van der Waals surface area contributed by atoms with E-state index in [9.17, 15) is 4.79 Å². The third kappa shape index (κ3) is 4.23. The van der Waals surface area contributed by atoms with Gasteiger partial charge in [0.1, 0.15) is 0 Å². The molecule has 2 aliphatic rings. The first kappa shape index (κ1) is 24.8. The fourth-order valence-corrected chi connectivity index (χ4v) is 8.58. The van der Waals surface area contributed by atoms with E-state index in [1.165, 1.54) is 37.4 Å². The molecule has 2 heterocycles. The number of aromatic nitrogens is 1. The molecule has 1 saturated heterocycles. The molecule has 1 amide bonds. The maximum Gasteiger partial charge on any atom is 0.222 e. The van der Waals surface area contributed by atoms with Crippen molar-refractivity contribution in [2.24, 2.45) is 0 Å². The normalized spacial score (nSPS) is 22.9. The molecule has 3 nitrogen and oxygen atoms in total. The Morgan fingerprint density at radius 3 is 2.40 bits per heavy atom. The monoisotopic (exact) mass is 506 g/mol. The lowest BCUT2D eigenvalue weighted by atomic mass is 9.63. The topological polar surface area (TPSA) is 33.2 Å². The quantitative estimate of drug-likeness (QED) is 0.355. The van der Waals surface area contributed by atoms with Crippen LogP contribution in [0, 0.1) is 0 Å². The number of aryl methyl sites for hydroxylation is 1. The number of hydrogen-bond acceptors (Lipinski definition) is 4. The van der Waals surface area contributed by atoms with Gasteiger partial charge in [0.15, 0.2) is 4.34 Å². The van der Waals surface area contributed by atoms with Crippen molar-refractivity contribution in [2.45, 2.75) is 106 Å². The number of piperidine rings is 1. The average molecular weight is 507 g/mol. The van der Waals surface area contributed by atoms with Gasteiger partial charge in [-0.3, -0.25) is 4.79 Å². The lowest BCUT2D eigenvalue weighted by molar-refractivity contribution is -0.138. The van der Waals surface area contributed by atoms with Crippen LogP contribution in [0.4, 0.5) is 0 Å². The molecule has 186 valence electrons. The zero-order valence-corrected chi connectivity index (χ0v) is 24.0. The first-order valence-electron chi connectivity index (χ1n) is 12.8. The smallest absolute Gasteiger partial charge is 0.222 e. The van der Waals surface area contributed by atoms with Gasteiger partial charge in [-0.2, -0.15) is 0 Å². The first-order valence-corrected chi connectivity index (χ1v) is 14.4. The highest BCUT2D eigenvalue weighted by molar-refractivity contribution is 8.01. The second kappa shape index (κ2) is 8.34. The van der Waals surface area contributed by atoms with Gasteiger partial charge in [0.25, 0.3) is 0 Å². The molecule has 0 saturated carbocycles. The van der Waals surface area contributed by atoms with Crippen molar-refractivity contribution in [1.29, 1.82) is 0 Å². The van der Waals surface area contributed by atoms with E-state index in [1.807, 2.05) is 23.3 Å². The van der Waals surface area contributed by atoms with Gasteiger partial charge in [-0.1, -0.05) is 78.4 Å². The van der Waals surface area contributed by atoms with Gasteiger partial charge in [-0.15, -0.1) is 11.3 Å². The summed E-state index contributed by atoms with van der Waals surface area (Å²) in [6, 6.07) is 11.9. The molecule has 2 atom stereocenters. The zero-order chi connectivity index (χ0) is 25.3. The summed E-state index contributed by atoms with van der Waals surface area (Å²) in [4.78, 5) is 20.8. The van der Waals surface area contributed by atoms with E-state index in [2.05, 4.69) is 78.8 Å². The molecule has 35 heavy (non-hydrogen) atoms. The number of thiazole rings is 1. The fourth-order valence-electron chi connectivity index (χ4n) is 6.15. The molecule has 0 bridgehead atoms. The second-order valence-electron chi connectivity index (χ2n) is 12.7. The molecular weight excluding hydrogens is 468 g/mol. The minimum absolute atomic E-state index is 0.0526. The Morgan fingerprint density at radius 2 is 1.71 bits per heavy atom. The molecule has 2 aromatic carbocycles. The first-order chi connectivity index (χ1) is 16.3. The average Bonchev–Trinajstić information content (AvgIpc) is 3.17. The van der Waals surface area contributed by atoms with Gasteiger partial charge < -0.3 is 4.90 Å². The van der Waals surface area contributed by atoms with E-state index >= 15 is 0 Å². The van der Waals surface area contributed by atoms with Crippen molar-refractivity contribution in [3.63, 3.8) is 0 Å². The SMILES string of the molecule is CN1C(=O)CC[C@]2(C)c3ccc(Sc4nc5c(C(C)(C)C)ccc(C(C)(C)C)c5s4)cc3CC[C@@H]12. The van der Waals surface area contributed by atoms with Crippen molar-refractivity contribution >= 4 is 39.2 Å². The van der Waals surface area contributed by atoms with Gasteiger partial charge in [0.2, 0.25) is 5.91 Å². The molecule has 0 unspecified atom stereocenters. The molecule has 1 fully saturated rings. The van der Waals surface area contributed by atoms with E-state index < -0.39 is 0 Å². The number of carbonyl (C=O) groups excluding carboxylic acids is 1. The predicted molar refractivity (Wildman–Crippen MR) is 149 cm³/mol. The van der Waals surface area contributed by atoms with Crippen LogP contribution in [0.5, 0.6) is 0 Å². The summed E-state index contributed by atoms with van der Waals surface area (Å²) < 4.78 is 2.45. The zero-order valence-electron chi connectivity index (χ0n) is 22.4. The van der Waals surface area contributed by atoms with Crippen LogP contribution in [0.3, 0.4) is 0 Å². The molecule has 5 rings (SSSR count). The van der Waals surface area contributed by atoms with Gasteiger partial charge in [-0.25, -0.2) is 4.98 Å². The van der Waals surface area contributed by atoms with E-state index in [-0.39, 0.29) is 16.2 Å². The Balaban J connectivity index is 1.51. The van der Waals surface area contributed by atoms with Gasteiger partial charge in [0.05, 0.1) is 10.2 Å². The van der Waals surface area contributed by atoms with E-state index in [0.717, 1.165) is 23.6 Å². The molecule has 0 N–H and O–H groups in total. The number of likely N-dealkylation sites (N-methyl/N-ethyl adjacent to an activating group) is 1. The Labute approximate surface area is 218 Å². The van der Waals surface area contributed by atoms with Crippen molar-refractivity contribution in [3.8, 4) is 0 Å². The van der Waals surface area contributed by atoms with Crippen LogP contribution in [-0.2, 0) is 27.5 Å². The van der Waals surface area contributed by atoms with Gasteiger partial charge in [0, 0.05) is 29.8 Å². The lowest BCUT2D eigenvalue weighted by Crippen LogP contribution is -2.56. The maximum atomic E-state index is 12.3. The number of benzene rings is 2. The van der Waals surface area contributed by atoms with Crippen LogP contribution in [0.1, 0.15) is 90.0 Å². The summed E-state index contributed by atoms with van der Waals surface area (Å²) in [5, 5.41) is 0. The lowest BCUT2D eigenvalue weighted by Gasteiger charge is -2.50. The number of amides is 1.